The average Bonchev–Trinajstić information content (AvgIpc) is 2.83. The SMILES string of the molecule is O=Cc1c(N2CCNC(=O)CC2)n(-c2ccccc2)c2ccccc12. The molecule has 0 aliphatic carbocycles. The first-order valence-electron chi connectivity index (χ1n) is 8.45. The molecule has 3 aromatic rings. The molecule has 4 rings (SSSR count). The second-order valence-corrected chi connectivity index (χ2v) is 6.13. The van der Waals surface area contributed by atoms with Crippen molar-refractivity contribution in [3.8, 4) is 5.69 Å². The number of aldehydes is 1. The third-order valence-electron chi connectivity index (χ3n) is 4.63. The van der Waals surface area contributed by atoms with Gasteiger partial charge in [0.05, 0.1) is 11.1 Å². The molecule has 1 saturated heterocycles. The molecule has 1 amide bonds. The Bertz CT molecular complexity index is 931. The first-order valence-corrected chi connectivity index (χ1v) is 8.45. The zero-order valence-corrected chi connectivity index (χ0v) is 13.8. The fourth-order valence-corrected chi connectivity index (χ4v) is 3.50. The van der Waals surface area contributed by atoms with Gasteiger partial charge in [-0.2, -0.15) is 0 Å². The zero-order chi connectivity index (χ0) is 17.2. The highest BCUT2D eigenvalue weighted by Crippen LogP contribution is 2.35. The van der Waals surface area contributed by atoms with Gasteiger partial charge in [-0.3, -0.25) is 14.2 Å². The lowest BCUT2D eigenvalue weighted by Crippen LogP contribution is -2.30. The highest BCUT2D eigenvalue weighted by Gasteiger charge is 2.24. The number of amides is 1. The average molecular weight is 333 g/mol. The van der Waals surface area contributed by atoms with Crippen LogP contribution in [0.25, 0.3) is 16.6 Å². The Morgan fingerprint density at radius 2 is 1.72 bits per heavy atom. The van der Waals surface area contributed by atoms with E-state index in [0.717, 1.165) is 28.7 Å². The summed E-state index contributed by atoms with van der Waals surface area (Å²) in [7, 11) is 0. The Kier molecular flexibility index (Phi) is 3.98. The number of hydrogen-bond acceptors (Lipinski definition) is 3. The first kappa shape index (κ1) is 15.4. The molecule has 5 heteroatoms. The van der Waals surface area contributed by atoms with Crippen molar-refractivity contribution in [1.29, 1.82) is 0 Å². The van der Waals surface area contributed by atoms with Crippen LogP contribution in [0.3, 0.4) is 0 Å². The summed E-state index contributed by atoms with van der Waals surface area (Å²) < 4.78 is 2.12. The van der Waals surface area contributed by atoms with Gasteiger partial charge in [-0.1, -0.05) is 36.4 Å². The van der Waals surface area contributed by atoms with Crippen LogP contribution in [-0.2, 0) is 4.79 Å². The van der Waals surface area contributed by atoms with Gasteiger partial charge < -0.3 is 10.2 Å². The van der Waals surface area contributed by atoms with Crippen molar-refractivity contribution in [3.05, 3.63) is 60.2 Å². The molecule has 0 bridgehead atoms. The number of hydrogen-bond donors (Lipinski definition) is 1. The number of aromatic nitrogens is 1. The molecule has 5 nitrogen and oxygen atoms in total. The summed E-state index contributed by atoms with van der Waals surface area (Å²) in [6.45, 7) is 1.85. The van der Waals surface area contributed by atoms with E-state index in [1.165, 1.54) is 0 Å². The van der Waals surface area contributed by atoms with Crippen LogP contribution in [0.4, 0.5) is 5.82 Å². The van der Waals surface area contributed by atoms with Gasteiger partial charge in [0.1, 0.15) is 5.82 Å². The van der Waals surface area contributed by atoms with Crippen LogP contribution in [-0.4, -0.2) is 36.4 Å². The lowest BCUT2D eigenvalue weighted by atomic mass is 10.2. The van der Waals surface area contributed by atoms with Crippen LogP contribution in [0.15, 0.2) is 54.6 Å². The normalized spacial score (nSPS) is 15.0. The third-order valence-corrected chi connectivity index (χ3v) is 4.63. The highest BCUT2D eigenvalue weighted by molar-refractivity contribution is 6.05. The van der Waals surface area contributed by atoms with E-state index in [1.54, 1.807) is 0 Å². The van der Waals surface area contributed by atoms with E-state index in [4.69, 9.17) is 0 Å². The maximum Gasteiger partial charge on any atom is 0.221 e. The second-order valence-electron chi connectivity index (χ2n) is 6.13. The van der Waals surface area contributed by atoms with E-state index in [0.29, 0.717) is 31.6 Å². The number of anilines is 1. The van der Waals surface area contributed by atoms with Gasteiger partial charge in [0.2, 0.25) is 5.91 Å². The van der Waals surface area contributed by atoms with Crippen LogP contribution >= 0.6 is 0 Å². The summed E-state index contributed by atoms with van der Waals surface area (Å²) in [4.78, 5) is 25.8. The van der Waals surface area contributed by atoms with Crippen LogP contribution in [0, 0.1) is 0 Å². The van der Waals surface area contributed by atoms with E-state index in [1.807, 2.05) is 54.6 Å². The molecule has 0 saturated carbocycles. The standard InChI is InChI=1S/C20H19N3O2/c24-14-17-16-8-4-5-9-18(16)23(15-6-2-1-3-7-15)20(17)22-12-10-19(25)21-11-13-22/h1-9,14H,10-13H2,(H,21,25). The molecule has 1 aliphatic rings. The Balaban J connectivity index is 1.98. The molecule has 1 aliphatic heterocycles. The largest absolute Gasteiger partial charge is 0.355 e. The van der Waals surface area contributed by atoms with Crippen molar-refractivity contribution < 1.29 is 9.59 Å². The molecule has 1 N–H and O–H groups in total. The van der Waals surface area contributed by atoms with Crippen LogP contribution in [0.1, 0.15) is 16.8 Å². The summed E-state index contributed by atoms with van der Waals surface area (Å²) in [6, 6.07) is 17.9. The zero-order valence-electron chi connectivity index (χ0n) is 13.8. The van der Waals surface area contributed by atoms with Crippen LogP contribution < -0.4 is 10.2 Å². The quantitative estimate of drug-likeness (QED) is 0.750. The molecular formula is C20H19N3O2. The highest BCUT2D eigenvalue weighted by atomic mass is 16.1. The Labute approximate surface area is 145 Å². The summed E-state index contributed by atoms with van der Waals surface area (Å²) in [5.41, 5.74) is 2.67. The van der Waals surface area contributed by atoms with Gasteiger partial charge in [0.25, 0.3) is 0 Å². The van der Waals surface area contributed by atoms with Crippen molar-refractivity contribution in [2.24, 2.45) is 0 Å². The van der Waals surface area contributed by atoms with Crippen molar-refractivity contribution in [3.63, 3.8) is 0 Å². The van der Waals surface area contributed by atoms with E-state index >= 15 is 0 Å². The molecule has 0 radical (unpaired) electrons. The molecule has 2 heterocycles. The fraction of sp³-hybridized carbons (Fsp3) is 0.200. The van der Waals surface area contributed by atoms with E-state index in [2.05, 4.69) is 14.8 Å². The predicted molar refractivity (Wildman–Crippen MR) is 98.5 cm³/mol. The topological polar surface area (TPSA) is 54.3 Å². The summed E-state index contributed by atoms with van der Waals surface area (Å²) in [6.07, 6.45) is 1.35. The number of nitrogens with one attached hydrogen (secondary N) is 1. The van der Waals surface area contributed by atoms with E-state index in [9.17, 15) is 9.59 Å². The van der Waals surface area contributed by atoms with Gasteiger partial charge in [0, 0.05) is 37.1 Å². The third kappa shape index (κ3) is 2.67. The molecular weight excluding hydrogens is 314 g/mol. The molecule has 25 heavy (non-hydrogen) atoms. The Morgan fingerprint density at radius 3 is 2.52 bits per heavy atom. The number of carbonyl (C=O) groups is 2. The second kappa shape index (κ2) is 6.43. The van der Waals surface area contributed by atoms with E-state index < -0.39 is 0 Å². The van der Waals surface area contributed by atoms with Gasteiger partial charge in [-0.15, -0.1) is 0 Å². The minimum atomic E-state index is 0.0533. The van der Waals surface area contributed by atoms with Crippen LogP contribution in [0.5, 0.6) is 0 Å². The molecule has 0 atom stereocenters. The van der Waals surface area contributed by atoms with Gasteiger partial charge >= 0.3 is 0 Å². The molecule has 2 aromatic carbocycles. The van der Waals surface area contributed by atoms with Crippen molar-refractivity contribution >= 4 is 28.9 Å². The van der Waals surface area contributed by atoms with Crippen LogP contribution in [0.2, 0.25) is 0 Å². The summed E-state index contributed by atoms with van der Waals surface area (Å²) in [5.74, 6) is 0.913. The first-order chi connectivity index (χ1) is 12.3. The smallest absolute Gasteiger partial charge is 0.221 e. The maximum absolute atomic E-state index is 12.0. The van der Waals surface area contributed by atoms with Gasteiger partial charge in [0.15, 0.2) is 6.29 Å². The fourth-order valence-electron chi connectivity index (χ4n) is 3.50. The van der Waals surface area contributed by atoms with Crippen molar-refractivity contribution in [2.45, 2.75) is 6.42 Å². The number of benzene rings is 2. The minimum absolute atomic E-state index is 0.0533. The number of nitrogens with zero attached hydrogens (tertiary/aromatic N) is 2. The predicted octanol–water partition coefficient (Wildman–Crippen LogP) is 2.77. The van der Waals surface area contributed by atoms with Crippen molar-refractivity contribution in [1.82, 2.24) is 9.88 Å². The number of rotatable bonds is 3. The van der Waals surface area contributed by atoms with Crippen molar-refractivity contribution in [2.75, 3.05) is 24.5 Å². The Morgan fingerprint density at radius 1 is 0.960 bits per heavy atom. The van der Waals surface area contributed by atoms with Gasteiger partial charge in [-0.05, 0) is 18.2 Å². The van der Waals surface area contributed by atoms with E-state index in [-0.39, 0.29) is 5.91 Å². The molecule has 1 fully saturated rings. The molecule has 1 aromatic heterocycles. The summed E-state index contributed by atoms with van der Waals surface area (Å²) >= 11 is 0. The monoisotopic (exact) mass is 333 g/mol. The summed E-state index contributed by atoms with van der Waals surface area (Å²) in [5, 5.41) is 3.83. The molecule has 0 spiro atoms. The lowest BCUT2D eigenvalue weighted by Gasteiger charge is -2.25. The minimum Gasteiger partial charge on any atom is -0.355 e. The number of carbonyl (C=O) groups excluding carboxylic acids is 2. The number of fused-ring (bicyclic) bond motifs is 1. The molecule has 0 unspecified atom stereocenters. The Hall–Kier alpha value is -3.08. The lowest BCUT2D eigenvalue weighted by molar-refractivity contribution is -0.120. The van der Waals surface area contributed by atoms with Gasteiger partial charge in [-0.25, -0.2) is 0 Å². The number of para-hydroxylation sites is 2. The molecule has 126 valence electrons. The maximum atomic E-state index is 12.0.